The summed E-state index contributed by atoms with van der Waals surface area (Å²) in [6.45, 7) is 6.17. The van der Waals surface area contributed by atoms with Crippen LogP contribution in [-0.2, 0) is 5.54 Å². The van der Waals surface area contributed by atoms with Gasteiger partial charge < -0.3 is 10.3 Å². The van der Waals surface area contributed by atoms with E-state index in [4.69, 9.17) is 5.73 Å². The van der Waals surface area contributed by atoms with Gasteiger partial charge in [0.25, 0.3) is 0 Å². The predicted octanol–water partition coefficient (Wildman–Crippen LogP) is 2.39. The molecule has 0 bridgehead atoms. The van der Waals surface area contributed by atoms with Crippen molar-refractivity contribution in [3.8, 4) is 0 Å². The maximum absolute atomic E-state index is 12.8. The van der Waals surface area contributed by atoms with E-state index >= 15 is 0 Å². The number of carbonyl (C=O) groups is 1. The first kappa shape index (κ1) is 14.2. The summed E-state index contributed by atoms with van der Waals surface area (Å²) in [5.41, 5.74) is 7.63. The number of nitrogens with two attached hydrogens (primary N) is 1. The zero-order valence-corrected chi connectivity index (χ0v) is 12.7. The first-order chi connectivity index (χ1) is 10.4. The zero-order valence-electron chi connectivity index (χ0n) is 12.7. The molecule has 3 aromatic heterocycles. The molecular formula is C16H17N5O. The molecule has 3 aromatic rings. The minimum atomic E-state index is -0.200. The van der Waals surface area contributed by atoms with Crippen LogP contribution in [0.4, 0.5) is 5.69 Å². The van der Waals surface area contributed by atoms with E-state index in [2.05, 4.69) is 35.7 Å². The topological polar surface area (TPSA) is 86.7 Å². The maximum Gasteiger partial charge on any atom is 0.213 e. The molecule has 0 saturated carbocycles. The summed E-state index contributed by atoms with van der Waals surface area (Å²) in [7, 11) is 0. The van der Waals surface area contributed by atoms with Crippen molar-refractivity contribution in [1.82, 2.24) is 19.5 Å². The monoisotopic (exact) mass is 295 g/mol. The molecule has 0 radical (unpaired) electrons. The fourth-order valence-electron chi connectivity index (χ4n) is 2.37. The molecule has 0 aromatic carbocycles. The number of pyridine rings is 1. The van der Waals surface area contributed by atoms with Gasteiger partial charge in [-0.05, 0) is 32.9 Å². The van der Waals surface area contributed by atoms with E-state index in [9.17, 15) is 4.79 Å². The average molecular weight is 295 g/mol. The molecule has 0 fully saturated rings. The summed E-state index contributed by atoms with van der Waals surface area (Å²) in [6.07, 6.45) is 6.48. The van der Waals surface area contributed by atoms with Crippen LogP contribution < -0.4 is 5.73 Å². The number of nitrogen functional groups attached to an aromatic ring is 1. The molecule has 0 amide bonds. The molecule has 0 spiro atoms. The van der Waals surface area contributed by atoms with Gasteiger partial charge in [0.2, 0.25) is 5.78 Å². The second-order valence-electron chi connectivity index (χ2n) is 6.15. The average Bonchev–Trinajstić information content (AvgIpc) is 2.86. The van der Waals surface area contributed by atoms with E-state index in [1.807, 2.05) is 10.8 Å². The number of anilines is 1. The minimum Gasteiger partial charge on any atom is -0.399 e. The normalized spacial score (nSPS) is 11.8. The molecular weight excluding hydrogens is 278 g/mol. The number of carbonyl (C=O) groups excluding carboxylic acids is 1. The van der Waals surface area contributed by atoms with Gasteiger partial charge in [0.1, 0.15) is 17.7 Å². The highest BCUT2D eigenvalue weighted by atomic mass is 16.1. The van der Waals surface area contributed by atoms with E-state index in [-0.39, 0.29) is 11.3 Å². The summed E-state index contributed by atoms with van der Waals surface area (Å²) in [5, 5.41) is 0.714. The van der Waals surface area contributed by atoms with Crippen LogP contribution in [-0.4, -0.2) is 25.3 Å². The van der Waals surface area contributed by atoms with E-state index in [0.29, 0.717) is 22.3 Å². The largest absolute Gasteiger partial charge is 0.399 e. The second-order valence-corrected chi connectivity index (χ2v) is 6.15. The van der Waals surface area contributed by atoms with Crippen molar-refractivity contribution >= 4 is 22.5 Å². The molecule has 6 nitrogen and oxygen atoms in total. The Balaban J connectivity index is 2.21. The van der Waals surface area contributed by atoms with Gasteiger partial charge in [0.05, 0.1) is 5.56 Å². The standard InChI is InChI=1S/C16H17N5O/c1-16(2,3)21-8-12(11-7-18-9-20-15(11)21)14(22)13-6-10(17)4-5-19-13/h4-9H,1-3H3,(H2,17,19). The highest BCUT2D eigenvalue weighted by Gasteiger charge is 2.23. The Morgan fingerprint density at radius 1 is 1.27 bits per heavy atom. The van der Waals surface area contributed by atoms with Crippen molar-refractivity contribution in [3.63, 3.8) is 0 Å². The van der Waals surface area contributed by atoms with Gasteiger partial charge in [-0.2, -0.15) is 0 Å². The van der Waals surface area contributed by atoms with Crippen LogP contribution in [0.5, 0.6) is 0 Å². The quantitative estimate of drug-likeness (QED) is 0.733. The van der Waals surface area contributed by atoms with Crippen molar-refractivity contribution in [2.75, 3.05) is 5.73 Å². The van der Waals surface area contributed by atoms with E-state index in [1.54, 1.807) is 18.3 Å². The van der Waals surface area contributed by atoms with E-state index < -0.39 is 0 Å². The number of aromatic nitrogens is 4. The lowest BCUT2D eigenvalue weighted by Crippen LogP contribution is -2.21. The third kappa shape index (κ3) is 2.32. The lowest BCUT2D eigenvalue weighted by Gasteiger charge is -2.21. The van der Waals surface area contributed by atoms with Gasteiger partial charge in [0, 0.05) is 35.2 Å². The van der Waals surface area contributed by atoms with Crippen LogP contribution in [0, 0.1) is 0 Å². The lowest BCUT2D eigenvalue weighted by atomic mass is 10.1. The van der Waals surface area contributed by atoms with Crippen molar-refractivity contribution in [2.45, 2.75) is 26.3 Å². The van der Waals surface area contributed by atoms with Crippen molar-refractivity contribution in [2.24, 2.45) is 0 Å². The number of ketones is 1. The number of hydrogen-bond acceptors (Lipinski definition) is 5. The first-order valence-corrected chi connectivity index (χ1v) is 6.95. The summed E-state index contributed by atoms with van der Waals surface area (Å²) in [6, 6.07) is 3.23. The van der Waals surface area contributed by atoms with Gasteiger partial charge in [-0.15, -0.1) is 0 Å². The molecule has 6 heteroatoms. The molecule has 0 aliphatic heterocycles. The van der Waals surface area contributed by atoms with Crippen LogP contribution in [0.15, 0.2) is 37.1 Å². The molecule has 22 heavy (non-hydrogen) atoms. The van der Waals surface area contributed by atoms with Crippen LogP contribution >= 0.6 is 0 Å². The molecule has 112 valence electrons. The fraction of sp³-hybridized carbons (Fsp3) is 0.250. The number of rotatable bonds is 2. The van der Waals surface area contributed by atoms with Gasteiger partial charge in [-0.3, -0.25) is 9.78 Å². The smallest absolute Gasteiger partial charge is 0.213 e. The molecule has 3 heterocycles. The zero-order chi connectivity index (χ0) is 15.9. The third-order valence-electron chi connectivity index (χ3n) is 3.45. The fourth-order valence-corrected chi connectivity index (χ4v) is 2.37. The van der Waals surface area contributed by atoms with Gasteiger partial charge in [-0.1, -0.05) is 0 Å². The van der Waals surface area contributed by atoms with E-state index in [1.165, 1.54) is 12.5 Å². The second kappa shape index (κ2) is 4.91. The molecule has 0 atom stereocenters. The number of fused-ring (bicyclic) bond motifs is 1. The van der Waals surface area contributed by atoms with Gasteiger partial charge in [0.15, 0.2) is 0 Å². The van der Waals surface area contributed by atoms with Crippen molar-refractivity contribution < 1.29 is 4.79 Å². The lowest BCUT2D eigenvalue weighted by molar-refractivity contribution is 0.103. The van der Waals surface area contributed by atoms with Crippen molar-refractivity contribution in [1.29, 1.82) is 0 Å². The van der Waals surface area contributed by atoms with Crippen LogP contribution in [0.25, 0.3) is 11.0 Å². The SMILES string of the molecule is CC(C)(C)n1cc(C(=O)c2cc(N)ccn2)c2cncnc21. The summed E-state index contributed by atoms with van der Waals surface area (Å²) in [5.74, 6) is -0.185. The van der Waals surface area contributed by atoms with E-state index in [0.717, 1.165) is 5.65 Å². The Kier molecular flexibility index (Phi) is 3.16. The predicted molar refractivity (Wildman–Crippen MR) is 84.6 cm³/mol. The van der Waals surface area contributed by atoms with Crippen LogP contribution in [0.2, 0.25) is 0 Å². The van der Waals surface area contributed by atoms with Gasteiger partial charge in [-0.25, -0.2) is 9.97 Å². The first-order valence-electron chi connectivity index (χ1n) is 6.95. The Labute approximate surface area is 128 Å². The summed E-state index contributed by atoms with van der Waals surface area (Å²) in [4.78, 5) is 25.2. The van der Waals surface area contributed by atoms with Crippen LogP contribution in [0.3, 0.4) is 0 Å². The Morgan fingerprint density at radius 3 is 2.73 bits per heavy atom. The molecule has 2 N–H and O–H groups in total. The summed E-state index contributed by atoms with van der Waals surface area (Å²) >= 11 is 0. The minimum absolute atomic E-state index is 0.185. The maximum atomic E-state index is 12.8. The Bertz CT molecular complexity index is 860. The molecule has 3 rings (SSSR count). The van der Waals surface area contributed by atoms with Gasteiger partial charge >= 0.3 is 0 Å². The molecule has 0 saturated heterocycles. The van der Waals surface area contributed by atoms with Crippen molar-refractivity contribution in [3.05, 3.63) is 48.3 Å². The highest BCUT2D eigenvalue weighted by molar-refractivity contribution is 6.15. The van der Waals surface area contributed by atoms with Crippen LogP contribution in [0.1, 0.15) is 36.8 Å². The Morgan fingerprint density at radius 2 is 2.05 bits per heavy atom. The Hall–Kier alpha value is -2.76. The third-order valence-corrected chi connectivity index (χ3v) is 3.45. The summed E-state index contributed by atoms with van der Waals surface area (Å²) < 4.78 is 1.98. The molecule has 0 aliphatic carbocycles. The highest BCUT2D eigenvalue weighted by Crippen LogP contribution is 2.27. The number of hydrogen-bond donors (Lipinski definition) is 1. The number of nitrogens with zero attached hydrogens (tertiary/aromatic N) is 4. The molecule has 0 unspecified atom stereocenters. The molecule has 0 aliphatic rings.